The molecular formula is C10H11ClF3N3. The third-order valence-corrected chi connectivity index (χ3v) is 2.94. The summed E-state index contributed by atoms with van der Waals surface area (Å²) < 4.78 is 37.4. The number of hydrogen-bond donors (Lipinski definition) is 1. The Morgan fingerprint density at radius 2 is 2.18 bits per heavy atom. The Balaban J connectivity index is 2.15. The summed E-state index contributed by atoms with van der Waals surface area (Å²) in [5.41, 5.74) is -1.02. The van der Waals surface area contributed by atoms with Gasteiger partial charge in [0.1, 0.15) is 5.82 Å². The second-order valence-corrected chi connectivity index (χ2v) is 4.40. The largest absolute Gasteiger partial charge is 0.433 e. The normalized spacial score (nSPS) is 23.6. The molecule has 17 heavy (non-hydrogen) atoms. The highest BCUT2D eigenvalue weighted by Crippen LogP contribution is 2.36. The number of nitrogens with zero attached hydrogens (tertiary/aromatic N) is 2. The predicted molar refractivity (Wildman–Crippen MR) is 57.9 cm³/mol. The molecule has 1 aromatic rings. The number of alkyl halides is 3. The van der Waals surface area contributed by atoms with Gasteiger partial charge in [-0.1, -0.05) is 13.3 Å². The van der Waals surface area contributed by atoms with Crippen molar-refractivity contribution in [2.24, 2.45) is 5.92 Å². The molecule has 94 valence electrons. The quantitative estimate of drug-likeness (QED) is 0.852. The van der Waals surface area contributed by atoms with Crippen LogP contribution in [0.3, 0.4) is 0 Å². The SMILES string of the molecule is CCC1CC1Nc1cc(C(F)(F)F)nc(Cl)n1. The van der Waals surface area contributed by atoms with Gasteiger partial charge in [0, 0.05) is 12.1 Å². The van der Waals surface area contributed by atoms with E-state index in [9.17, 15) is 13.2 Å². The van der Waals surface area contributed by atoms with Crippen LogP contribution in [0.15, 0.2) is 6.07 Å². The van der Waals surface area contributed by atoms with Crippen LogP contribution in [0.2, 0.25) is 5.28 Å². The van der Waals surface area contributed by atoms with Crippen LogP contribution in [0.5, 0.6) is 0 Å². The van der Waals surface area contributed by atoms with Gasteiger partial charge in [0.15, 0.2) is 5.69 Å². The Labute approximate surface area is 101 Å². The maximum absolute atomic E-state index is 12.5. The van der Waals surface area contributed by atoms with E-state index in [2.05, 4.69) is 15.3 Å². The van der Waals surface area contributed by atoms with E-state index in [1.807, 2.05) is 6.92 Å². The molecule has 0 radical (unpaired) electrons. The minimum absolute atomic E-state index is 0.137. The number of anilines is 1. The van der Waals surface area contributed by atoms with Gasteiger partial charge >= 0.3 is 6.18 Å². The zero-order valence-corrected chi connectivity index (χ0v) is 9.81. The molecule has 7 heteroatoms. The standard InChI is InChI=1S/C10H11ClF3N3/c1-2-5-3-6(5)15-8-4-7(10(12,13)14)16-9(11)17-8/h4-6H,2-3H2,1H3,(H,15,16,17). The summed E-state index contributed by atoms with van der Waals surface area (Å²) in [6, 6.07) is 1.09. The maximum Gasteiger partial charge on any atom is 0.433 e. The molecule has 0 saturated heterocycles. The van der Waals surface area contributed by atoms with Gasteiger partial charge in [-0.25, -0.2) is 9.97 Å². The first-order chi connectivity index (χ1) is 7.90. The van der Waals surface area contributed by atoms with E-state index in [1.165, 1.54) is 0 Å². The fourth-order valence-electron chi connectivity index (χ4n) is 1.70. The van der Waals surface area contributed by atoms with Crippen molar-refractivity contribution in [3.05, 3.63) is 17.0 Å². The van der Waals surface area contributed by atoms with E-state index in [0.717, 1.165) is 18.9 Å². The first-order valence-corrected chi connectivity index (χ1v) is 5.66. The molecule has 1 fully saturated rings. The number of nitrogens with one attached hydrogen (secondary N) is 1. The Kier molecular flexibility index (Phi) is 3.16. The monoisotopic (exact) mass is 265 g/mol. The zero-order valence-electron chi connectivity index (χ0n) is 9.05. The lowest BCUT2D eigenvalue weighted by molar-refractivity contribution is -0.141. The number of halogens is 4. The van der Waals surface area contributed by atoms with Gasteiger partial charge in [-0.05, 0) is 23.9 Å². The lowest BCUT2D eigenvalue weighted by atomic mass is 10.3. The molecule has 1 saturated carbocycles. The van der Waals surface area contributed by atoms with E-state index in [0.29, 0.717) is 5.92 Å². The zero-order chi connectivity index (χ0) is 12.6. The van der Waals surface area contributed by atoms with Crippen molar-refractivity contribution >= 4 is 17.4 Å². The minimum Gasteiger partial charge on any atom is -0.367 e. The van der Waals surface area contributed by atoms with E-state index >= 15 is 0 Å². The van der Waals surface area contributed by atoms with E-state index < -0.39 is 17.2 Å². The molecular weight excluding hydrogens is 255 g/mol. The molecule has 1 N–H and O–H groups in total. The topological polar surface area (TPSA) is 37.8 Å². The number of aromatic nitrogens is 2. The molecule has 2 atom stereocenters. The first-order valence-electron chi connectivity index (χ1n) is 5.28. The van der Waals surface area contributed by atoms with Crippen LogP contribution in [0.4, 0.5) is 19.0 Å². The molecule has 1 aliphatic carbocycles. The highest BCUT2D eigenvalue weighted by molar-refractivity contribution is 6.28. The summed E-state index contributed by atoms with van der Waals surface area (Å²) in [6.07, 6.45) is -2.54. The van der Waals surface area contributed by atoms with Crippen LogP contribution in [0.1, 0.15) is 25.5 Å². The van der Waals surface area contributed by atoms with E-state index in [-0.39, 0.29) is 11.9 Å². The molecule has 2 rings (SSSR count). The van der Waals surface area contributed by atoms with Crippen molar-refractivity contribution in [1.29, 1.82) is 0 Å². The maximum atomic E-state index is 12.5. The van der Waals surface area contributed by atoms with Crippen LogP contribution in [0, 0.1) is 5.92 Å². The molecule has 3 nitrogen and oxygen atoms in total. The number of rotatable bonds is 3. The molecule has 0 amide bonds. The summed E-state index contributed by atoms with van der Waals surface area (Å²) in [7, 11) is 0. The van der Waals surface area contributed by atoms with Crippen LogP contribution >= 0.6 is 11.6 Å². The van der Waals surface area contributed by atoms with Gasteiger partial charge < -0.3 is 5.32 Å². The fraction of sp³-hybridized carbons (Fsp3) is 0.600. The summed E-state index contributed by atoms with van der Waals surface area (Å²) in [5, 5.41) is 2.54. The third-order valence-electron chi connectivity index (χ3n) is 2.77. The van der Waals surface area contributed by atoms with Crippen LogP contribution < -0.4 is 5.32 Å². The molecule has 1 aromatic heterocycles. The fourth-order valence-corrected chi connectivity index (χ4v) is 1.88. The highest BCUT2D eigenvalue weighted by Gasteiger charge is 2.37. The second kappa shape index (κ2) is 4.33. The summed E-state index contributed by atoms with van der Waals surface area (Å²) in [5.74, 6) is 0.649. The van der Waals surface area contributed by atoms with Crippen LogP contribution in [0.25, 0.3) is 0 Å². The van der Waals surface area contributed by atoms with E-state index in [4.69, 9.17) is 11.6 Å². The van der Waals surface area contributed by atoms with Crippen LogP contribution in [-0.2, 0) is 6.18 Å². The molecule has 0 bridgehead atoms. The molecule has 0 aromatic carbocycles. The van der Waals surface area contributed by atoms with E-state index in [1.54, 1.807) is 0 Å². The molecule has 1 heterocycles. The molecule has 0 aliphatic heterocycles. The minimum atomic E-state index is -4.50. The van der Waals surface area contributed by atoms with Crippen molar-refractivity contribution in [2.75, 3.05) is 5.32 Å². The Morgan fingerprint density at radius 1 is 1.47 bits per heavy atom. The van der Waals surface area contributed by atoms with Gasteiger partial charge in [-0.3, -0.25) is 0 Å². The van der Waals surface area contributed by atoms with Gasteiger partial charge in [-0.2, -0.15) is 13.2 Å². The summed E-state index contributed by atoms with van der Waals surface area (Å²) >= 11 is 5.47. The summed E-state index contributed by atoms with van der Waals surface area (Å²) in [6.45, 7) is 2.04. The highest BCUT2D eigenvalue weighted by atomic mass is 35.5. The summed E-state index contributed by atoms with van der Waals surface area (Å²) in [4.78, 5) is 6.90. The van der Waals surface area contributed by atoms with Gasteiger partial charge in [-0.15, -0.1) is 0 Å². The van der Waals surface area contributed by atoms with Gasteiger partial charge in [0.25, 0.3) is 0 Å². The smallest absolute Gasteiger partial charge is 0.367 e. The average Bonchev–Trinajstić information content (AvgIpc) is 2.94. The van der Waals surface area contributed by atoms with Crippen molar-refractivity contribution < 1.29 is 13.2 Å². The molecule has 1 aliphatic rings. The first kappa shape index (κ1) is 12.4. The Bertz CT molecular complexity index is 422. The molecule has 0 spiro atoms. The lowest BCUT2D eigenvalue weighted by Gasteiger charge is -2.09. The Hall–Kier alpha value is -1.04. The third kappa shape index (κ3) is 3.00. The van der Waals surface area contributed by atoms with Crippen molar-refractivity contribution in [2.45, 2.75) is 32.0 Å². The Morgan fingerprint density at radius 3 is 2.71 bits per heavy atom. The van der Waals surface area contributed by atoms with Crippen LogP contribution in [-0.4, -0.2) is 16.0 Å². The van der Waals surface area contributed by atoms with Crippen molar-refractivity contribution in [1.82, 2.24) is 9.97 Å². The van der Waals surface area contributed by atoms with Crippen molar-refractivity contribution in [3.8, 4) is 0 Å². The average molecular weight is 266 g/mol. The predicted octanol–water partition coefficient (Wildman–Crippen LogP) is 3.36. The van der Waals surface area contributed by atoms with Crippen molar-refractivity contribution in [3.63, 3.8) is 0 Å². The molecule has 2 unspecified atom stereocenters. The van der Waals surface area contributed by atoms with Gasteiger partial charge in [0.2, 0.25) is 5.28 Å². The lowest BCUT2D eigenvalue weighted by Crippen LogP contribution is -2.12. The van der Waals surface area contributed by atoms with Gasteiger partial charge in [0.05, 0.1) is 0 Å². The second-order valence-electron chi connectivity index (χ2n) is 4.06. The number of hydrogen-bond acceptors (Lipinski definition) is 3.